The quantitative estimate of drug-likeness (QED) is 0.672. The van der Waals surface area contributed by atoms with Gasteiger partial charge in [0, 0.05) is 53.1 Å². The average Bonchev–Trinajstić information content (AvgIpc) is 2.73. The number of hydrogen-bond donors (Lipinski definition) is 0. The molecule has 0 saturated carbocycles. The molecule has 31 heavy (non-hydrogen) atoms. The van der Waals surface area contributed by atoms with Crippen molar-refractivity contribution < 1.29 is 17.6 Å². The van der Waals surface area contributed by atoms with E-state index in [4.69, 9.17) is 0 Å². The third-order valence-corrected chi connectivity index (χ3v) is 7.26. The minimum absolute atomic E-state index is 0.0687. The van der Waals surface area contributed by atoms with E-state index in [0.717, 1.165) is 18.6 Å². The van der Waals surface area contributed by atoms with Gasteiger partial charge in [0.2, 0.25) is 15.9 Å². The smallest absolute Gasteiger partial charge is 0.243 e. The average molecular weight is 450 g/mol. The van der Waals surface area contributed by atoms with Gasteiger partial charge in [-0.25, -0.2) is 22.8 Å². The van der Waals surface area contributed by atoms with Crippen molar-refractivity contribution in [2.24, 2.45) is 0 Å². The molecule has 1 fully saturated rings. The molecule has 1 amide bonds. The van der Waals surface area contributed by atoms with Crippen molar-refractivity contribution in [2.45, 2.75) is 37.1 Å². The fraction of sp³-hybridized carbons (Fsp3) is 0.476. The summed E-state index contributed by atoms with van der Waals surface area (Å²) in [6.45, 7) is 2.48. The van der Waals surface area contributed by atoms with E-state index in [9.17, 15) is 17.6 Å². The number of halogens is 1. The van der Waals surface area contributed by atoms with Crippen LogP contribution in [-0.2, 0) is 21.4 Å². The van der Waals surface area contributed by atoms with Crippen LogP contribution < -0.4 is 4.90 Å². The minimum Gasteiger partial charge on any atom is -0.363 e. The summed E-state index contributed by atoms with van der Waals surface area (Å²) in [5.74, 6) is 0.547. The van der Waals surface area contributed by atoms with Crippen LogP contribution in [-0.4, -0.2) is 67.7 Å². The summed E-state index contributed by atoms with van der Waals surface area (Å²) in [6.07, 6.45) is 1.43. The lowest BCUT2D eigenvalue weighted by atomic mass is 9.98. The SMILES string of the molecule is CC(=O)N(C)Cc1cc(N(C)C)nc([C@@H]2CCCN(S(=O)(=O)c3ccc(F)cc3)C2)n1. The first-order valence-corrected chi connectivity index (χ1v) is 11.5. The number of piperidine rings is 1. The van der Waals surface area contributed by atoms with Crippen molar-refractivity contribution in [3.05, 3.63) is 47.7 Å². The number of nitrogens with zero attached hydrogens (tertiary/aromatic N) is 5. The van der Waals surface area contributed by atoms with Crippen LogP contribution >= 0.6 is 0 Å². The van der Waals surface area contributed by atoms with E-state index in [1.807, 2.05) is 25.1 Å². The van der Waals surface area contributed by atoms with Crippen molar-refractivity contribution in [3.63, 3.8) is 0 Å². The molecule has 10 heteroatoms. The predicted molar refractivity (Wildman–Crippen MR) is 116 cm³/mol. The number of carbonyl (C=O) groups is 1. The predicted octanol–water partition coefficient (Wildman–Crippen LogP) is 2.23. The molecule has 8 nitrogen and oxygen atoms in total. The van der Waals surface area contributed by atoms with Crippen LogP contribution in [0.5, 0.6) is 0 Å². The highest BCUT2D eigenvalue weighted by Gasteiger charge is 2.32. The Kier molecular flexibility index (Phi) is 6.90. The third-order valence-electron chi connectivity index (χ3n) is 5.38. The zero-order chi connectivity index (χ0) is 22.8. The van der Waals surface area contributed by atoms with Crippen molar-refractivity contribution in [3.8, 4) is 0 Å². The summed E-state index contributed by atoms with van der Waals surface area (Å²) < 4.78 is 40.7. The Bertz CT molecular complexity index is 1040. The molecule has 0 bridgehead atoms. The first-order valence-electron chi connectivity index (χ1n) is 10.1. The highest BCUT2D eigenvalue weighted by atomic mass is 32.2. The molecule has 1 saturated heterocycles. The normalized spacial score (nSPS) is 17.4. The Hall–Kier alpha value is -2.59. The Morgan fingerprint density at radius 3 is 2.48 bits per heavy atom. The van der Waals surface area contributed by atoms with Crippen LogP contribution in [0.15, 0.2) is 35.2 Å². The van der Waals surface area contributed by atoms with Crippen LogP contribution in [0.2, 0.25) is 0 Å². The number of amides is 1. The maximum absolute atomic E-state index is 13.2. The molecule has 1 aromatic heterocycles. The molecule has 3 rings (SSSR count). The lowest BCUT2D eigenvalue weighted by molar-refractivity contribution is -0.128. The molecule has 0 radical (unpaired) electrons. The molecule has 1 atom stereocenters. The van der Waals surface area contributed by atoms with Crippen LogP contribution in [0.1, 0.15) is 37.2 Å². The van der Waals surface area contributed by atoms with Crippen LogP contribution in [0.3, 0.4) is 0 Å². The lowest BCUT2D eigenvalue weighted by Gasteiger charge is -2.31. The molecule has 168 valence electrons. The van der Waals surface area contributed by atoms with Gasteiger partial charge in [0.1, 0.15) is 17.5 Å². The Balaban J connectivity index is 1.88. The van der Waals surface area contributed by atoms with E-state index in [1.54, 1.807) is 11.9 Å². The molecule has 0 aliphatic carbocycles. The Labute approximate surface area is 182 Å². The third kappa shape index (κ3) is 5.37. The van der Waals surface area contributed by atoms with Gasteiger partial charge in [-0.1, -0.05) is 0 Å². The highest BCUT2D eigenvalue weighted by molar-refractivity contribution is 7.89. The van der Waals surface area contributed by atoms with Crippen molar-refractivity contribution in [1.29, 1.82) is 0 Å². The summed E-state index contributed by atoms with van der Waals surface area (Å²) in [5.41, 5.74) is 0.699. The van der Waals surface area contributed by atoms with Crippen molar-refractivity contribution >= 4 is 21.7 Å². The van der Waals surface area contributed by atoms with E-state index in [2.05, 4.69) is 9.97 Å². The standard InChI is InChI=1S/C21H28FN5O3S/c1-15(28)26(4)14-18-12-20(25(2)3)24-21(23-18)16-6-5-11-27(13-16)31(29,30)19-9-7-17(22)8-10-19/h7-10,12,16H,5-6,11,13-14H2,1-4H3/t16-/m1/s1. The lowest BCUT2D eigenvalue weighted by Crippen LogP contribution is -2.39. The number of hydrogen-bond acceptors (Lipinski definition) is 6. The fourth-order valence-electron chi connectivity index (χ4n) is 3.48. The summed E-state index contributed by atoms with van der Waals surface area (Å²) in [5, 5.41) is 0. The second-order valence-electron chi connectivity index (χ2n) is 8.00. The van der Waals surface area contributed by atoms with Gasteiger partial charge in [0.15, 0.2) is 0 Å². The first kappa shape index (κ1) is 23.1. The van der Waals surface area contributed by atoms with E-state index in [-0.39, 0.29) is 23.3 Å². The molecule has 0 spiro atoms. The molecule has 0 N–H and O–H groups in total. The number of rotatable bonds is 6. The molecule has 2 heterocycles. The van der Waals surface area contributed by atoms with Crippen LogP contribution in [0, 0.1) is 5.82 Å². The van der Waals surface area contributed by atoms with Gasteiger partial charge in [-0.3, -0.25) is 4.79 Å². The van der Waals surface area contributed by atoms with Crippen molar-refractivity contribution in [1.82, 2.24) is 19.2 Å². The molecular weight excluding hydrogens is 421 g/mol. The van der Waals surface area contributed by atoms with Gasteiger partial charge < -0.3 is 9.80 Å². The summed E-state index contributed by atoms with van der Waals surface area (Å²) in [6, 6.07) is 6.70. The number of benzene rings is 1. The maximum atomic E-state index is 13.2. The van der Waals surface area contributed by atoms with Gasteiger partial charge in [-0.15, -0.1) is 0 Å². The van der Waals surface area contributed by atoms with E-state index in [1.165, 1.54) is 23.4 Å². The Morgan fingerprint density at radius 2 is 1.87 bits per heavy atom. The monoisotopic (exact) mass is 449 g/mol. The van der Waals surface area contributed by atoms with Crippen LogP contribution in [0.25, 0.3) is 0 Å². The summed E-state index contributed by atoms with van der Waals surface area (Å²) >= 11 is 0. The molecular formula is C21H28FN5O3S. The second-order valence-corrected chi connectivity index (χ2v) is 9.94. The van der Waals surface area contributed by atoms with Crippen LogP contribution in [0.4, 0.5) is 10.2 Å². The second kappa shape index (κ2) is 9.27. The largest absolute Gasteiger partial charge is 0.363 e. The first-order chi connectivity index (χ1) is 14.6. The zero-order valence-corrected chi connectivity index (χ0v) is 19.1. The highest BCUT2D eigenvalue weighted by Crippen LogP contribution is 2.30. The zero-order valence-electron chi connectivity index (χ0n) is 18.2. The van der Waals surface area contributed by atoms with E-state index >= 15 is 0 Å². The summed E-state index contributed by atoms with van der Waals surface area (Å²) in [4.78, 5) is 24.4. The van der Waals surface area contributed by atoms with Gasteiger partial charge in [-0.2, -0.15) is 4.31 Å². The van der Waals surface area contributed by atoms with Crippen molar-refractivity contribution in [2.75, 3.05) is 39.1 Å². The summed E-state index contributed by atoms with van der Waals surface area (Å²) in [7, 11) is 1.71. The van der Waals surface area contributed by atoms with E-state index in [0.29, 0.717) is 36.8 Å². The molecule has 2 aromatic rings. The van der Waals surface area contributed by atoms with E-state index < -0.39 is 15.8 Å². The number of carbonyl (C=O) groups excluding carboxylic acids is 1. The molecule has 1 aliphatic heterocycles. The number of anilines is 1. The topological polar surface area (TPSA) is 86.7 Å². The number of sulfonamides is 1. The van der Waals surface area contributed by atoms with Gasteiger partial charge in [0.05, 0.1) is 17.1 Å². The van der Waals surface area contributed by atoms with Gasteiger partial charge in [-0.05, 0) is 37.1 Å². The molecule has 1 aromatic carbocycles. The number of aromatic nitrogens is 2. The molecule has 0 unspecified atom stereocenters. The fourth-order valence-corrected chi connectivity index (χ4v) is 5.00. The molecule has 1 aliphatic rings. The maximum Gasteiger partial charge on any atom is 0.243 e. The van der Waals surface area contributed by atoms with Gasteiger partial charge >= 0.3 is 0 Å². The Morgan fingerprint density at radius 1 is 1.19 bits per heavy atom. The minimum atomic E-state index is -3.74. The van der Waals surface area contributed by atoms with Gasteiger partial charge in [0.25, 0.3) is 0 Å².